The first-order valence-corrected chi connectivity index (χ1v) is 3.13. The number of carbonyl (C=O) groups is 1. The van der Waals surface area contributed by atoms with E-state index >= 15 is 0 Å². The zero-order valence-electron chi connectivity index (χ0n) is 5.42. The van der Waals surface area contributed by atoms with Crippen LogP contribution in [0.1, 0.15) is 19.3 Å². The zero-order valence-corrected chi connectivity index (χ0v) is 5.42. The lowest BCUT2D eigenvalue weighted by atomic mass is 9.86. The lowest BCUT2D eigenvalue weighted by Crippen LogP contribution is -2.20. The minimum Gasteiger partial charge on any atom is -0.483 e. The highest BCUT2D eigenvalue weighted by Crippen LogP contribution is 2.24. The Kier molecular flexibility index (Phi) is 5.21. The average molecular weight is 131 g/mol. The van der Waals surface area contributed by atoms with E-state index in [2.05, 4.69) is 0 Å². The van der Waals surface area contributed by atoms with E-state index in [0.717, 1.165) is 12.5 Å². The Morgan fingerprint density at radius 3 is 2.11 bits per heavy atom. The van der Waals surface area contributed by atoms with Crippen molar-refractivity contribution in [1.82, 2.24) is 0 Å². The van der Waals surface area contributed by atoms with E-state index in [0.29, 0.717) is 0 Å². The van der Waals surface area contributed by atoms with Gasteiger partial charge < -0.3 is 10.8 Å². The van der Waals surface area contributed by atoms with Crippen LogP contribution in [0.2, 0.25) is 0 Å². The van der Waals surface area contributed by atoms with E-state index in [1.165, 1.54) is 19.3 Å². The summed E-state index contributed by atoms with van der Waals surface area (Å²) >= 11 is 0. The quantitative estimate of drug-likeness (QED) is 0.508. The summed E-state index contributed by atoms with van der Waals surface area (Å²) in [6.45, 7) is 0.667. The molecule has 0 saturated heterocycles. The monoisotopic (exact) mass is 131 g/mol. The van der Waals surface area contributed by atoms with E-state index < -0.39 is 0 Å². The fourth-order valence-electron chi connectivity index (χ4n) is 0.729. The van der Waals surface area contributed by atoms with Crippen LogP contribution >= 0.6 is 0 Å². The minimum atomic E-state index is -0.250. The molecule has 0 unspecified atom stereocenters. The molecule has 0 aromatic rings. The largest absolute Gasteiger partial charge is 0.483 e. The third kappa shape index (κ3) is 3.97. The molecule has 0 atom stereocenters. The molecule has 1 saturated carbocycles. The Balaban J connectivity index is 0.000000187. The highest BCUT2D eigenvalue weighted by molar-refractivity contribution is 5.32. The number of carboxylic acid groups (broad SMARTS) is 1. The SMILES string of the molecule is NCC1CCC1.O=CO. The van der Waals surface area contributed by atoms with Crippen molar-refractivity contribution < 1.29 is 9.90 Å². The molecule has 3 nitrogen and oxygen atoms in total. The van der Waals surface area contributed by atoms with Gasteiger partial charge in [-0.2, -0.15) is 0 Å². The number of rotatable bonds is 1. The van der Waals surface area contributed by atoms with Gasteiger partial charge in [-0.3, -0.25) is 4.79 Å². The van der Waals surface area contributed by atoms with Gasteiger partial charge in [0.05, 0.1) is 0 Å². The topological polar surface area (TPSA) is 63.3 Å². The van der Waals surface area contributed by atoms with Crippen molar-refractivity contribution in [3.63, 3.8) is 0 Å². The highest BCUT2D eigenvalue weighted by Gasteiger charge is 2.13. The van der Waals surface area contributed by atoms with Gasteiger partial charge in [-0.1, -0.05) is 6.42 Å². The first-order valence-electron chi connectivity index (χ1n) is 3.13. The molecule has 3 N–H and O–H groups in total. The Labute approximate surface area is 54.9 Å². The smallest absolute Gasteiger partial charge is 0.290 e. The Hall–Kier alpha value is -0.570. The fraction of sp³-hybridized carbons (Fsp3) is 0.833. The van der Waals surface area contributed by atoms with E-state index in [-0.39, 0.29) is 6.47 Å². The predicted molar refractivity (Wildman–Crippen MR) is 35.1 cm³/mol. The summed E-state index contributed by atoms with van der Waals surface area (Å²) in [6.07, 6.45) is 4.19. The van der Waals surface area contributed by atoms with Crippen LogP contribution in [0.5, 0.6) is 0 Å². The summed E-state index contributed by atoms with van der Waals surface area (Å²) in [6, 6.07) is 0. The molecule has 0 amide bonds. The van der Waals surface area contributed by atoms with Crippen LogP contribution in [-0.4, -0.2) is 18.1 Å². The maximum Gasteiger partial charge on any atom is 0.290 e. The Bertz CT molecular complexity index is 68.7. The number of hydrogen-bond donors (Lipinski definition) is 2. The average Bonchev–Trinajstić information content (AvgIpc) is 1.64. The molecule has 54 valence electrons. The summed E-state index contributed by atoms with van der Waals surface area (Å²) in [4.78, 5) is 8.36. The van der Waals surface area contributed by atoms with Crippen LogP contribution in [0.25, 0.3) is 0 Å². The first-order chi connectivity index (χ1) is 4.35. The second-order valence-corrected chi connectivity index (χ2v) is 2.14. The molecule has 0 radical (unpaired) electrons. The lowest BCUT2D eigenvalue weighted by molar-refractivity contribution is -0.122. The summed E-state index contributed by atoms with van der Waals surface area (Å²) in [5.41, 5.74) is 5.33. The summed E-state index contributed by atoms with van der Waals surface area (Å²) in [5.74, 6) is 0.894. The Morgan fingerprint density at radius 1 is 1.67 bits per heavy atom. The minimum absolute atomic E-state index is 0.250. The third-order valence-electron chi connectivity index (χ3n) is 1.56. The van der Waals surface area contributed by atoms with Crippen molar-refractivity contribution in [1.29, 1.82) is 0 Å². The van der Waals surface area contributed by atoms with E-state index in [4.69, 9.17) is 15.6 Å². The molecular formula is C6H13NO2. The van der Waals surface area contributed by atoms with Crippen molar-refractivity contribution >= 4 is 6.47 Å². The fourth-order valence-corrected chi connectivity index (χ4v) is 0.729. The normalized spacial score (nSPS) is 17.0. The van der Waals surface area contributed by atoms with Gasteiger partial charge >= 0.3 is 0 Å². The van der Waals surface area contributed by atoms with Crippen LogP contribution in [0.4, 0.5) is 0 Å². The first kappa shape index (κ1) is 8.43. The summed E-state index contributed by atoms with van der Waals surface area (Å²) < 4.78 is 0. The molecule has 1 aliphatic carbocycles. The van der Waals surface area contributed by atoms with Gasteiger partial charge in [0.2, 0.25) is 0 Å². The highest BCUT2D eigenvalue weighted by atomic mass is 16.3. The number of nitrogens with two attached hydrogens (primary N) is 1. The molecule has 1 rings (SSSR count). The van der Waals surface area contributed by atoms with Crippen LogP contribution in [-0.2, 0) is 4.79 Å². The van der Waals surface area contributed by atoms with Gasteiger partial charge in [0.15, 0.2) is 0 Å². The molecule has 0 aliphatic heterocycles. The van der Waals surface area contributed by atoms with Crippen molar-refractivity contribution in [2.75, 3.05) is 6.54 Å². The molecule has 3 heteroatoms. The van der Waals surface area contributed by atoms with Gasteiger partial charge in [0.25, 0.3) is 6.47 Å². The van der Waals surface area contributed by atoms with Crippen LogP contribution < -0.4 is 5.73 Å². The lowest BCUT2D eigenvalue weighted by Gasteiger charge is -2.22. The number of hydrogen-bond acceptors (Lipinski definition) is 2. The van der Waals surface area contributed by atoms with Crippen molar-refractivity contribution in [2.45, 2.75) is 19.3 Å². The van der Waals surface area contributed by atoms with Gasteiger partial charge in [0, 0.05) is 0 Å². The van der Waals surface area contributed by atoms with Crippen LogP contribution in [0, 0.1) is 5.92 Å². The maximum atomic E-state index is 8.36. The van der Waals surface area contributed by atoms with Crippen LogP contribution in [0.15, 0.2) is 0 Å². The molecule has 0 bridgehead atoms. The van der Waals surface area contributed by atoms with Gasteiger partial charge in [-0.05, 0) is 25.3 Å². The van der Waals surface area contributed by atoms with E-state index in [1.54, 1.807) is 0 Å². The molecule has 9 heavy (non-hydrogen) atoms. The van der Waals surface area contributed by atoms with Crippen molar-refractivity contribution in [3.05, 3.63) is 0 Å². The third-order valence-corrected chi connectivity index (χ3v) is 1.56. The predicted octanol–water partition coefficient (Wildman–Crippen LogP) is 0.446. The maximum absolute atomic E-state index is 8.36. The van der Waals surface area contributed by atoms with Gasteiger partial charge in [-0.15, -0.1) is 0 Å². The second kappa shape index (κ2) is 5.56. The molecule has 1 fully saturated rings. The molecule has 0 spiro atoms. The Morgan fingerprint density at radius 2 is 2.11 bits per heavy atom. The summed E-state index contributed by atoms with van der Waals surface area (Å²) in [5, 5.41) is 6.89. The molecule has 0 heterocycles. The van der Waals surface area contributed by atoms with Crippen molar-refractivity contribution in [2.24, 2.45) is 11.7 Å². The molecule has 0 aromatic carbocycles. The standard InChI is InChI=1S/C5H11N.CH2O2/c6-4-5-2-1-3-5;2-1-3/h5H,1-4,6H2;1H,(H,2,3). The van der Waals surface area contributed by atoms with Gasteiger partial charge in [0.1, 0.15) is 0 Å². The molecule has 0 aromatic heterocycles. The van der Waals surface area contributed by atoms with Gasteiger partial charge in [-0.25, -0.2) is 0 Å². The summed E-state index contributed by atoms with van der Waals surface area (Å²) in [7, 11) is 0. The van der Waals surface area contributed by atoms with Crippen LogP contribution in [0.3, 0.4) is 0 Å². The van der Waals surface area contributed by atoms with Crippen molar-refractivity contribution in [3.8, 4) is 0 Å². The van der Waals surface area contributed by atoms with E-state index in [9.17, 15) is 0 Å². The molecule has 1 aliphatic rings. The van der Waals surface area contributed by atoms with E-state index in [1.807, 2.05) is 0 Å². The zero-order chi connectivity index (χ0) is 7.11. The second-order valence-electron chi connectivity index (χ2n) is 2.14. The molecular weight excluding hydrogens is 118 g/mol.